The van der Waals surface area contributed by atoms with Gasteiger partial charge in [-0.1, -0.05) is 13.0 Å². The third-order valence-corrected chi connectivity index (χ3v) is 1.62. The summed E-state index contributed by atoms with van der Waals surface area (Å²) in [6, 6.07) is 0. The Labute approximate surface area is 74.3 Å². The second-order valence-corrected chi connectivity index (χ2v) is 3.27. The average Bonchev–Trinajstić information content (AvgIpc) is 1.84. The van der Waals surface area contributed by atoms with Crippen molar-refractivity contribution in [2.24, 2.45) is 5.92 Å². The van der Waals surface area contributed by atoms with Gasteiger partial charge in [-0.15, -0.1) is 6.58 Å². The lowest BCUT2D eigenvalue weighted by Crippen LogP contribution is -2.40. The van der Waals surface area contributed by atoms with Crippen molar-refractivity contribution in [2.75, 3.05) is 13.1 Å². The Morgan fingerprint density at radius 3 is 2.33 bits per heavy atom. The predicted octanol–water partition coefficient (Wildman–Crippen LogP) is 1.27. The highest BCUT2D eigenvalue weighted by atomic mass is 16.5. The molecule has 12 heavy (non-hydrogen) atoms. The number of hydrogen-bond acceptors (Lipinski definition) is 3. The van der Waals surface area contributed by atoms with Crippen LogP contribution in [0.3, 0.4) is 0 Å². The van der Waals surface area contributed by atoms with Crippen LogP contribution in [0.5, 0.6) is 0 Å². The number of aliphatic hydroxyl groups is 1. The fourth-order valence-corrected chi connectivity index (χ4v) is 1.29. The van der Waals surface area contributed by atoms with Crippen LogP contribution in [-0.2, 0) is 0 Å². The van der Waals surface area contributed by atoms with E-state index in [1.165, 1.54) is 5.06 Å². The van der Waals surface area contributed by atoms with Crippen molar-refractivity contribution >= 4 is 0 Å². The van der Waals surface area contributed by atoms with Gasteiger partial charge in [0.05, 0.1) is 6.10 Å². The Bertz CT molecular complexity index is 103. The molecule has 2 N–H and O–H groups in total. The van der Waals surface area contributed by atoms with Crippen LogP contribution in [0.1, 0.15) is 20.3 Å². The number of rotatable bonds is 0. The first-order valence-corrected chi connectivity index (χ1v) is 4.29. The van der Waals surface area contributed by atoms with E-state index < -0.39 is 0 Å². The summed E-state index contributed by atoms with van der Waals surface area (Å²) in [5, 5.41) is 19.2. The zero-order chi connectivity index (χ0) is 9.56. The van der Waals surface area contributed by atoms with E-state index in [9.17, 15) is 0 Å². The van der Waals surface area contributed by atoms with Crippen LogP contribution in [0, 0.1) is 5.92 Å². The molecule has 1 aliphatic heterocycles. The van der Waals surface area contributed by atoms with Crippen molar-refractivity contribution in [1.29, 1.82) is 0 Å². The van der Waals surface area contributed by atoms with Gasteiger partial charge in [0, 0.05) is 13.1 Å². The molecule has 0 aromatic rings. The minimum Gasteiger partial charge on any atom is -0.392 e. The van der Waals surface area contributed by atoms with Gasteiger partial charge in [0.2, 0.25) is 0 Å². The van der Waals surface area contributed by atoms with Crippen LogP contribution in [0.25, 0.3) is 0 Å². The van der Waals surface area contributed by atoms with E-state index >= 15 is 0 Å². The molecule has 0 aliphatic carbocycles. The number of hydrogen-bond donors (Lipinski definition) is 2. The van der Waals surface area contributed by atoms with Crippen molar-refractivity contribution in [3.63, 3.8) is 0 Å². The maximum atomic E-state index is 9.05. The van der Waals surface area contributed by atoms with Crippen LogP contribution in [0.2, 0.25) is 0 Å². The zero-order valence-electron chi connectivity index (χ0n) is 7.90. The maximum Gasteiger partial charge on any atom is 0.0693 e. The summed E-state index contributed by atoms with van der Waals surface area (Å²) in [7, 11) is 0. The minimum absolute atomic E-state index is 0.334. The van der Waals surface area contributed by atoms with Gasteiger partial charge in [0.1, 0.15) is 0 Å². The van der Waals surface area contributed by atoms with Crippen molar-refractivity contribution in [3.8, 4) is 0 Å². The summed E-state index contributed by atoms with van der Waals surface area (Å²) in [4.78, 5) is 0. The highest BCUT2D eigenvalue weighted by Gasteiger charge is 2.20. The van der Waals surface area contributed by atoms with Crippen molar-refractivity contribution in [2.45, 2.75) is 26.4 Å². The van der Waals surface area contributed by atoms with Crippen LogP contribution in [0.4, 0.5) is 0 Å². The van der Waals surface area contributed by atoms with Crippen LogP contribution >= 0.6 is 0 Å². The maximum absolute atomic E-state index is 9.05. The van der Waals surface area contributed by atoms with Crippen molar-refractivity contribution in [3.05, 3.63) is 12.7 Å². The molecule has 3 heteroatoms. The lowest BCUT2D eigenvalue weighted by molar-refractivity contribution is -0.145. The summed E-state index contributed by atoms with van der Waals surface area (Å²) < 4.78 is 0. The van der Waals surface area contributed by atoms with E-state index in [0.717, 1.165) is 6.42 Å². The highest BCUT2D eigenvalue weighted by Crippen LogP contribution is 2.13. The number of piperidine rings is 1. The summed E-state index contributed by atoms with van der Waals surface area (Å²) in [5.41, 5.74) is 0. The van der Waals surface area contributed by atoms with Gasteiger partial charge < -0.3 is 10.3 Å². The Balaban J connectivity index is 0.000000354. The summed E-state index contributed by atoms with van der Waals surface area (Å²) in [6.07, 6.45) is 2.23. The molecule has 0 aromatic carbocycles. The van der Waals surface area contributed by atoms with E-state index in [-0.39, 0.29) is 6.10 Å². The second kappa shape index (κ2) is 6.17. The number of hydroxylamine groups is 2. The Kier molecular flexibility index (Phi) is 5.98. The van der Waals surface area contributed by atoms with Gasteiger partial charge in [0.15, 0.2) is 0 Å². The molecule has 1 rings (SSSR count). The monoisotopic (exact) mass is 173 g/mol. The molecule has 72 valence electrons. The largest absolute Gasteiger partial charge is 0.392 e. The smallest absolute Gasteiger partial charge is 0.0693 e. The zero-order valence-corrected chi connectivity index (χ0v) is 7.90. The first kappa shape index (κ1) is 11.6. The molecule has 2 atom stereocenters. The number of aliphatic hydroxyl groups excluding tert-OH is 1. The number of allylic oxidation sites excluding steroid dienone is 1. The normalized spacial score (nSPS) is 30.3. The van der Waals surface area contributed by atoms with Crippen LogP contribution in [0.15, 0.2) is 12.7 Å². The molecule has 0 radical (unpaired) electrons. The first-order valence-electron chi connectivity index (χ1n) is 4.29. The SMILES string of the molecule is C=CC.CC1C[C@H](O)CN(O)C1. The molecule has 0 spiro atoms. The van der Waals surface area contributed by atoms with E-state index in [1.54, 1.807) is 6.08 Å². The molecule has 1 unspecified atom stereocenters. The molecule has 3 nitrogen and oxygen atoms in total. The number of nitrogens with zero attached hydrogens (tertiary/aromatic N) is 1. The fraction of sp³-hybridized carbons (Fsp3) is 0.778. The van der Waals surface area contributed by atoms with Gasteiger partial charge in [-0.05, 0) is 19.3 Å². The molecular weight excluding hydrogens is 154 g/mol. The minimum atomic E-state index is -0.334. The van der Waals surface area contributed by atoms with Crippen LogP contribution < -0.4 is 0 Å². The summed E-state index contributed by atoms with van der Waals surface area (Å²) >= 11 is 0. The Hall–Kier alpha value is -0.380. The molecule has 1 saturated heterocycles. The van der Waals surface area contributed by atoms with Gasteiger partial charge >= 0.3 is 0 Å². The quantitative estimate of drug-likeness (QED) is 0.542. The predicted molar refractivity (Wildman–Crippen MR) is 49.0 cm³/mol. The highest BCUT2D eigenvalue weighted by molar-refractivity contribution is 4.70. The molecule has 1 aliphatic rings. The Morgan fingerprint density at radius 2 is 2.00 bits per heavy atom. The molecule has 0 aromatic heterocycles. The molecule has 1 heterocycles. The first-order chi connectivity index (χ1) is 5.60. The van der Waals surface area contributed by atoms with E-state index in [2.05, 4.69) is 6.58 Å². The third kappa shape index (κ3) is 5.29. The standard InChI is InChI=1S/C6H13NO2.C3H6/c1-5-2-6(8)4-7(9)3-5;1-3-2/h5-6,8-9H,2-4H2,1H3;3H,1H2,2H3/t5?,6-;/m0./s1. The molecular formula is C9H19NO2. The lowest BCUT2D eigenvalue weighted by Gasteiger charge is -2.29. The van der Waals surface area contributed by atoms with Gasteiger partial charge in [-0.25, -0.2) is 0 Å². The average molecular weight is 173 g/mol. The molecule has 1 fully saturated rings. The third-order valence-electron chi connectivity index (χ3n) is 1.62. The summed E-state index contributed by atoms with van der Waals surface area (Å²) in [6.45, 7) is 8.37. The van der Waals surface area contributed by atoms with Gasteiger partial charge in [0.25, 0.3) is 0 Å². The van der Waals surface area contributed by atoms with Crippen LogP contribution in [-0.4, -0.2) is 34.6 Å². The van der Waals surface area contributed by atoms with E-state index in [1.807, 2.05) is 13.8 Å². The molecule has 0 saturated carbocycles. The van der Waals surface area contributed by atoms with E-state index in [0.29, 0.717) is 19.0 Å². The topological polar surface area (TPSA) is 43.7 Å². The van der Waals surface area contributed by atoms with Crippen molar-refractivity contribution in [1.82, 2.24) is 5.06 Å². The second-order valence-electron chi connectivity index (χ2n) is 3.27. The van der Waals surface area contributed by atoms with Gasteiger partial charge in [-0.3, -0.25) is 0 Å². The van der Waals surface area contributed by atoms with Crippen molar-refractivity contribution < 1.29 is 10.3 Å². The Morgan fingerprint density at radius 1 is 1.50 bits per heavy atom. The lowest BCUT2D eigenvalue weighted by atomic mass is 10.00. The number of β-amino-alcohol motifs (C(OH)–C–C–N with tert-alkyl or cyclic N) is 1. The molecule has 0 amide bonds. The fourth-order valence-electron chi connectivity index (χ4n) is 1.29. The summed E-state index contributed by atoms with van der Waals surface area (Å²) in [5.74, 6) is 0.416. The molecule has 0 bridgehead atoms. The van der Waals surface area contributed by atoms with Gasteiger partial charge in [-0.2, -0.15) is 5.06 Å². The van der Waals surface area contributed by atoms with E-state index in [4.69, 9.17) is 10.3 Å².